The van der Waals surface area contributed by atoms with E-state index < -0.39 is 11.0 Å². The molecular formula is C10H8N2O4S. The number of carbonyl (C=O) groups is 1. The topological polar surface area (TPSA) is 72.7 Å². The molecule has 0 saturated carbocycles. The second kappa shape index (κ2) is 4.10. The molecule has 88 valence electrons. The first kappa shape index (κ1) is 11.5. The van der Waals surface area contributed by atoms with Crippen LogP contribution in [0.1, 0.15) is 6.92 Å². The molecule has 0 bridgehead atoms. The third-order valence-electron chi connectivity index (χ3n) is 2.33. The van der Waals surface area contributed by atoms with Gasteiger partial charge in [-0.3, -0.25) is 14.9 Å². The molecule has 17 heavy (non-hydrogen) atoms. The van der Waals surface area contributed by atoms with Gasteiger partial charge in [0.05, 0.1) is 10.6 Å². The van der Waals surface area contributed by atoms with Crippen molar-refractivity contribution >= 4 is 34.7 Å². The van der Waals surface area contributed by atoms with Gasteiger partial charge in [0, 0.05) is 12.1 Å². The van der Waals surface area contributed by atoms with Crippen molar-refractivity contribution in [1.82, 2.24) is 0 Å². The Hall–Kier alpha value is -2.02. The summed E-state index contributed by atoms with van der Waals surface area (Å²) in [4.78, 5) is 23.0. The first-order valence-corrected chi connectivity index (χ1v) is 5.20. The molecule has 1 aromatic carbocycles. The summed E-state index contributed by atoms with van der Waals surface area (Å²) in [6.45, 7) is 1.58. The van der Waals surface area contributed by atoms with Gasteiger partial charge in [-0.1, -0.05) is 6.07 Å². The SMILES string of the molecule is CC1OC(=S)N(c2cccc([N+](=O)[O-])c2)C1=O. The Morgan fingerprint density at radius 3 is 2.76 bits per heavy atom. The van der Waals surface area contributed by atoms with Gasteiger partial charge in [0.1, 0.15) is 0 Å². The molecule has 1 heterocycles. The number of benzene rings is 1. The summed E-state index contributed by atoms with van der Waals surface area (Å²) in [5.74, 6) is -0.324. The van der Waals surface area contributed by atoms with E-state index in [-0.39, 0.29) is 16.8 Å². The number of anilines is 1. The lowest BCUT2D eigenvalue weighted by molar-refractivity contribution is -0.384. The van der Waals surface area contributed by atoms with Gasteiger partial charge >= 0.3 is 0 Å². The Bertz CT molecular complexity index is 517. The number of rotatable bonds is 2. The Labute approximate surface area is 102 Å². The maximum absolute atomic E-state index is 11.7. The van der Waals surface area contributed by atoms with E-state index in [1.54, 1.807) is 13.0 Å². The molecule has 1 saturated heterocycles. The highest BCUT2D eigenvalue weighted by atomic mass is 32.1. The molecule has 1 amide bonds. The molecule has 1 unspecified atom stereocenters. The summed E-state index contributed by atoms with van der Waals surface area (Å²) >= 11 is 4.90. The number of nitrogens with zero attached hydrogens (tertiary/aromatic N) is 2. The Balaban J connectivity index is 2.40. The number of hydrogen-bond acceptors (Lipinski definition) is 5. The largest absolute Gasteiger partial charge is 0.457 e. The molecule has 0 aromatic heterocycles. The Morgan fingerprint density at radius 2 is 2.24 bits per heavy atom. The van der Waals surface area contributed by atoms with E-state index in [1.807, 2.05) is 0 Å². The third kappa shape index (κ3) is 1.96. The van der Waals surface area contributed by atoms with Gasteiger partial charge in [-0.2, -0.15) is 0 Å². The Kier molecular flexibility index (Phi) is 2.76. The zero-order valence-electron chi connectivity index (χ0n) is 8.82. The minimum atomic E-state index is -0.651. The number of nitro benzene ring substituents is 1. The van der Waals surface area contributed by atoms with Crippen molar-refractivity contribution in [3.05, 3.63) is 34.4 Å². The lowest BCUT2D eigenvalue weighted by atomic mass is 10.2. The molecule has 0 N–H and O–H groups in total. The molecule has 1 aliphatic heterocycles. The fourth-order valence-electron chi connectivity index (χ4n) is 1.50. The number of carbonyl (C=O) groups excluding carboxylic acids is 1. The zero-order chi connectivity index (χ0) is 12.6. The number of non-ortho nitro benzene ring substituents is 1. The van der Waals surface area contributed by atoms with Crippen LogP contribution < -0.4 is 4.90 Å². The normalized spacial score (nSPS) is 19.4. The predicted molar refractivity (Wildman–Crippen MR) is 63.7 cm³/mol. The van der Waals surface area contributed by atoms with E-state index in [2.05, 4.69) is 0 Å². The van der Waals surface area contributed by atoms with Crippen molar-refractivity contribution in [2.24, 2.45) is 0 Å². The second-order valence-corrected chi connectivity index (χ2v) is 3.83. The van der Waals surface area contributed by atoms with Gasteiger partial charge in [-0.25, -0.2) is 4.90 Å². The van der Waals surface area contributed by atoms with Gasteiger partial charge in [-0.05, 0) is 25.2 Å². The van der Waals surface area contributed by atoms with Crippen LogP contribution in [0.3, 0.4) is 0 Å². The smallest absolute Gasteiger partial charge is 0.275 e. The quantitative estimate of drug-likeness (QED) is 0.454. The van der Waals surface area contributed by atoms with Crippen molar-refractivity contribution in [2.45, 2.75) is 13.0 Å². The van der Waals surface area contributed by atoms with Crippen LogP contribution >= 0.6 is 12.2 Å². The van der Waals surface area contributed by atoms with E-state index in [4.69, 9.17) is 17.0 Å². The van der Waals surface area contributed by atoms with E-state index in [1.165, 1.54) is 18.2 Å². The maximum Gasteiger partial charge on any atom is 0.275 e. The first-order valence-electron chi connectivity index (χ1n) is 4.80. The highest BCUT2D eigenvalue weighted by Gasteiger charge is 2.36. The number of ether oxygens (including phenoxy) is 1. The van der Waals surface area contributed by atoms with Crippen LogP contribution in [0, 0.1) is 10.1 Å². The molecule has 6 nitrogen and oxygen atoms in total. The highest BCUT2D eigenvalue weighted by Crippen LogP contribution is 2.26. The summed E-state index contributed by atoms with van der Waals surface area (Å²) in [5.41, 5.74) is 0.246. The molecule has 0 aliphatic carbocycles. The van der Waals surface area contributed by atoms with Gasteiger partial charge in [0.2, 0.25) is 0 Å². The average molecular weight is 252 g/mol. The molecule has 0 radical (unpaired) electrons. The van der Waals surface area contributed by atoms with E-state index >= 15 is 0 Å². The number of amides is 1. The van der Waals surface area contributed by atoms with E-state index in [0.29, 0.717) is 5.69 Å². The predicted octanol–water partition coefficient (Wildman–Crippen LogP) is 1.63. The van der Waals surface area contributed by atoms with Gasteiger partial charge in [-0.15, -0.1) is 0 Å². The van der Waals surface area contributed by atoms with Crippen molar-refractivity contribution < 1.29 is 14.5 Å². The van der Waals surface area contributed by atoms with Gasteiger partial charge in [0.25, 0.3) is 16.8 Å². The average Bonchev–Trinajstić information content (AvgIpc) is 2.53. The molecule has 0 spiro atoms. The van der Waals surface area contributed by atoms with Crippen LogP contribution in [0.5, 0.6) is 0 Å². The zero-order valence-corrected chi connectivity index (χ0v) is 9.64. The van der Waals surface area contributed by atoms with Gasteiger partial charge < -0.3 is 4.74 Å². The molecule has 1 aromatic rings. The minimum absolute atomic E-state index is 0.0167. The maximum atomic E-state index is 11.7. The van der Waals surface area contributed by atoms with Crippen LogP contribution in [-0.4, -0.2) is 22.1 Å². The summed E-state index contributed by atoms with van der Waals surface area (Å²) in [7, 11) is 0. The van der Waals surface area contributed by atoms with Crippen LogP contribution in [0.2, 0.25) is 0 Å². The van der Waals surface area contributed by atoms with Crippen LogP contribution in [0.25, 0.3) is 0 Å². The van der Waals surface area contributed by atoms with Crippen LogP contribution in [-0.2, 0) is 9.53 Å². The lowest BCUT2D eigenvalue weighted by Gasteiger charge is -2.12. The molecule has 2 rings (SSSR count). The first-order chi connectivity index (χ1) is 8.00. The molecular weight excluding hydrogens is 244 g/mol. The third-order valence-corrected chi connectivity index (χ3v) is 2.61. The second-order valence-electron chi connectivity index (χ2n) is 3.48. The molecule has 1 atom stereocenters. The van der Waals surface area contributed by atoms with E-state index in [9.17, 15) is 14.9 Å². The number of nitro groups is 1. The Morgan fingerprint density at radius 1 is 1.53 bits per heavy atom. The summed E-state index contributed by atoms with van der Waals surface area (Å²) in [6, 6.07) is 5.69. The lowest BCUT2D eigenvalue weighted by Crippen LogP contribution is -2.30. The van der Waals surface area contributed by atoms with Crippen molar-refractivity contribution in [1.29, 1.82) is 0 Å². The van der Waals surface area contributed by atoms with Crippen LogP contribution in [0.15, 0.2) is 24.3 Å². The molecule has 7 heteroatoms. The molecule has 1 fully saturated rings. The fourth-order valence-corrected chi connectivity index (χ4v) is 1.84. The van der Waals surface area contributed by atoms with Crippen molar-refractivity contribution in [3.63, 3.8) is 0 Å². The van der Waals surface area contributed by atoms with Crippen LogP contribution in [0.4, 0.5) is 11.4 Å². The van der Waals surface area contributed by atoms with E-state index in [0.717, 1.165) is 4.90 Å². The minimum Gasteiger partial charge on any atom is -0.457 e. The monoisotopic (exact) mass is 252 g/mol. The summed E-state index contributed by atoms with van der Waals surface area (Å²) in [6.07, 6.45) is -0.651. The van der Waals surface area contributed by atoms with Crippen molar-refractivity contribution in [3.8, 4) is 0 Å². The highest BCUT2D eigenvalue weighted by molar-refractivity contribution is 7.80. The summed E-state index contributed by atoms with van der Waals surface area (Å²) < 4.78 is 5.08. The summed E-state index contributed by atoms with van der Waals surface area (Å²) in [5, 5.41) is 10.7. The standard InChI is InChI=1S/C10H8N2O4S/c1-6-9(13)11(10(17)16-6)7-3-2-4-8(5-7)12(14)15/h2-6H,1H3. The fraction of sp³-hybridized carbons (Fsp3) is 0.200. The number of hydrogen-bond donors (Lipinski definition) is 0. The van der Waals surface area contributed by atoms with Gasteiger partial charge in [0.15, 0.2) is 6.10 Å². The van der Waals surface area contributed by atoms with Crippen molar-refractivity contribution in [2.75, 3.05) is 4.90 Å². The number of thiocarbonyl (C=S) groups is 1. The molecule has 1 aliphatic rings.